The minimum atomic E-state index is 0. The summed E-state index contributed by atoms with van der Waals surface area (Å²) >= 11 is 0. The molecule has 2 N–H and O–H groups in total. The van der Waals surface area contributed by atoms with Gasteiger partial charge in [0.05, 0.1) is 5.84 Å². The molecule has 0 amide bonds. The molecule has 0 bridgehead atoms. The summed E-state index contributed by atoms with van der Waals surface area (Å²) in [6.07, 6.45) is 9.88. The van der Waals surface area contributed by atoms with E-state index in [-0.39, 0.29) is 12.4 Å². The van der Waals surface area contributed by atoms with Gasteiger partial charge in [0.15, 0.2) is 0 Å². The van der Waals surface area contributed by atoms with E-state index in [0.717, 1.165) is 19.3 Å². The maximum absolute atomic E-state index is 7.72. The molecule has 2 nitrogen and oxygen atoms in total. The topological polar surface area (TPSA) is 35.9 Å². The number of halogens is 1. The first kappa shape index (κ1) is 14.8. The van der Waals surface area contributed by atoms with E-state index in [1.165, 1.54) is 18.4 Å². The number of benzene rings is 1. The third kappa shape index (κ3) is 4.92. The lowest BCUT2D eigenvalue weighted by molar-refractivity contribution is 0.558. The summed E-state index contributed by atoms with van der Waals surface area (Å²) in [7, 11) is 0. The second-order valence-electron chi connectivity index (χ2n) is 4.61. The lowest BCUT2D eigenvalue weighted by atomic mass is 10.1. The Hall–Kier alpha value is -1.28. The molecular formula is C15H21ClN2. The average molecular weight is 265 g/mol. The molecule has 1 atom stereocenters. The molecular weight excluding hydrogens is 244 g/mol. The highest BCUT2D eigenvalue weighted by molar-refractivity contribution is 5.85. The third-order valence-electron chi connectivity index (χ3n) is 3.14. The molecule has 1 fully saturated rings. The first-order valence-electron chi connectivity index (χ1n) is 6.40. The molecule has 1 heterocycles. The molecule has 0 aliphatic carbocycles. The molecule has 1 saturated heterocycles. The fourth-order valence-electron chi connectivity index (χ4n) is 2.19. The molecule has 1 aliphatic heterocycles. The van der Waals surface area contributed by atoms with E-state index in [9.17, 15) is 0 Å². The molecule has 1 aromatic rings. The van der Waals surface area contributed by atoms with Crippen molar-refractivity contribution >= 4 is 24.3 Å². The van der Waals surface area contributed by atoms with Crippen LogP contribution in [0.15, 0.2) is 36.4 Å². The summed E-state index contributed by atoms with van der Waals surface area (Å²) in [4.78, 5) is 0. The zero-order chi connectivity index (χ0) is 11.9. The van der Waals surface area contributed by atoms with Crippen LogP contribution in [0.1, 0.15) is 37.7 Å². The van der Waals surface area contributed by atoms with Crippen molar-refractivity contribution in [1.82, 2.24) is 5.32 Å². The summed E-state index contributed by atoms with van der Waals surface area (Å²) in [5.74, 6) is 0.709. The van der Waals surface area contributed by atoms with E-state index in [0.29, 0.717) is 11.9 Å². The molecule has 1 unspecified atom stereocenters. The highest BCUT2D eigenvalue weighted by Crippen LogP contribution is 2.13. The van der Waals surface area contributed by atoms with Crippen LogP contribution in [0.2, 0.25) is 0 Å². The van der Waals surface area contributed by atoms with E-state index in [4.69, 9.17) is 5.41 Å². The Balaban J connectivity index is 0.00000162. The average Bonchev–Trinajstić information content (AvgIpc) is 2.55. The molecule has 3 heteroatoms. The maximum atomic E-state index is 7.72. The minimum absolute atomic E-state index is 0. The van der Waals surface area contributed by atoms with E-state index in [1.54, 1.807) is 0 Å². The Bertz CT molecular complexity index is 387. The highest BCUT2D eigenvalue weighted by Gasteiger charge is 2.12. The van der Waals surface area contributed by atoms with Crippen molar-refractivity contribution in [3.63, 3.8) is 0 Å². The lowest BCUT2D eigenvalue weighted by Crippen LogP contribution is -2.31. The van der Waals surface area contributed by atoms with Crippen LogP contribution >= 0.6 is 12.4 Å². The van der Waals surface area contributed by atoms with Crippen LogP contribution in [0.3, 0.4) is 0 Å². The van der Waals surface area contributed by atoms with Gasteiger partial charge in [-0.1, -0.05) is 48.9 Å². The number of rotatable bonds is 3. The monoisotopic (exact) mass is 264 g/mol. The third-order valence-corrected chi connectivity index (χ3v) is 3.14. The largest absolute Gasteiger partial charge is 0.371 e. The van der Waals surface area contributed by atoms with Crippen molar-refractivity contribution in [2.45, 2.75) is 38.1 Å². The van der Waals surface area contributed by atoms with Gasteiger partial charge < -0.3 is 5.32 Å². The van der Waals surface area contributed by atoms with E-state index < -0.39 is 0 Å². The molecule has 0 saturated carbocycles. The molecule has 0 radical (unpaired) electrons. The van der Waals surface area contributed by atoms with Crippen molar-refractivity contribution in [3.8, 4) is 0 Å². The van der Waals surface area contributed by atoms with E-state index in [2.05, 4.69) is 41.7 Å². The molecule has 1 aromatic carbocycles. The fourth-order valence-corrected chi connectivity index (χ4v) is 2.19. The van der Waals surface area contributed by atoms with E-state index in [1.807, 2.05) is 6.07 Å². The lowest BCUT2D eigenvalue weighted by Gasteiger charge is -2.14. The van der Waals surface area contributed by atoms with Gasteiger partial charge in [-0.05, 0) is 24.8 Å². The van der Waals surface area contributed by atoms with Gasteiger partial charge in [-0.25, -0.2) is 0 Å². The number of hydrogen-bond acceptors (Lipinski definition) is 1. The Labute approximate surface area is 115 Å². The molecule has 98 valence electrons. The van der Waals surface area contributed by atoms with Crippen molar-refractivity contribution in [3.05, 3.63) is 42.0 Å². The zero-order valence-electron chi connectivity index (χ0n) is 10.6. The van der Waals surface area contributed by atoms with Gasteiger partial charge in [-0.2, -0.15) is 0 Å². The first-order valence-corrected chi connectivity index (χ1v) is 6.40. The second-order valence-corrected chi connectivity index (χ2v) is 4.61. The highest BCUT2D eigenvalue weighted by atomic mass is 35.5. The van der Waals surface area contributed by atoms with Gasteiger partial charge in [-0.3, -0.25) is 5.41 Å². The van der Waals surface area contributed by atoms with Gasteiger partial charge in [-0.15, -0.1) is 12.4 Å². The molecule has 2 rings (SSSR count). The Morgan fingerprint density at radius 2 is 2.00 bits per heavy atom. The summed E-state index contributed by atoms with van der Waals surface area (Å²) in [5, 5.41) is 11.0. The minimum Gasteiger partial charge on any atom is -0.371 e. The Morgan fingerprint density at radius 3 is 2.78 bits per heavy atom. The van der Waals surface area contributed by atoms with Gasteiger partial charge in [0.1, 0.15) is 0 Å². The van der Waals surface area contributed by atoms with Gasteiger partial charge in [0, 0.05) is 12.5 Å². The van der Waals surface area contributed by atoms with Crippen molar-refractivity contribution < 1.29 is 0 Å². The Kier molecular flexibility index (Phi) is 6.51. The normalized spacial score (nSPS) is 20.0. The van der Waals surface area contributed by atoms with Gasteiger partial charge >= 0.3 is 0 Å². The standard InChI is InChI=1S/C15H20N2.ClH/c16-15-12-5-4-10-14(17-15)11-6-9-13-7-2-1-3-8-13;/h1-3,6-9,14H,4-5,10-12H2,(H2,16,17);1H/b9-6+;. The molecule has 1 aliphatic rings. The van der Waals surface area contributed by atoms with Crippen LogP contribution in [-0.2, 0) is 0 Å². The molecule has 0 spiro atoms. The van der Waals surface area contributed by atoms with Gasteiger partial charge in [0.25, 0.3) is 0 Å². The summed E-state index contributed by atoms with van der Waals surface area (Å²) in [6, 6.07) is 10.8. The van der Waals surface area contributed by atoms with Crippen LogP contribution < -0.4 is 5.32 Å². The van der Waals surface area contributed by atoms with Gasteiger partial charge in [0.2, 0.25) is 0 Å². The second kappa shape index (κ2) is 7.93. The predicted molar refractivity (Wildman–Crippen MR) is 80.5 cm³/mol. The number of amidine groups is 1. The summed E-state index contributed by atoms with van der Waals surface area (Å²) < 4.78 is 0. The summed E-state index contributed by atoms with van der Waals surface area (Å²) in [6.45, 7) is 0. The number of nitrogens with one attached hydrogen (secondary N) is 2. The van der Waals surface area contributed by atoms with Crippen LogP contribution in [-0.4, -0.2) is 11.9 Å². The van der Waals surface area contributed by atoms with Crippen LogP contribution in [0, 0.1) is 5.41 Å². The van der Waals surface area contributed by atoms with Crippen molar-refractivity contribution in [2.75, 3.05) is 0 Å². The zero-order valence-corrected chi connectivity index (χ0v) is 11.4. The van der Waals surface area contributed by atoms with Crippen molar-refractivity contribution in [1.29, 1.82) is 5.41 Å². The molecule has 0 aromatic heterocycles. The molecule has 18 heavy (non-hydrogen) atoms. The number of hydrogen-bond donors (Lipinski definition) is 2. The Morgan fingerprint density at radius 1 is 1.22 bits per heavy atom. The predicted octanol–water partition coefficient (Wildman–Crippen LogP) is 4.02. The maximum Gasteiger partial charge on any atom is 0.0933 e. The van der Waals surface area contributed by atoms with Crippen molar-refractivity contribution in [2.24, 2.45) is 0 Å². The van der Waals surface area contributed by atoms with Crippen LogP contribution in [0.25, 0.3) is 6.08 Å². The van der Waals surface area contributed by atoms with E-state index >= 15 is 0 Å². The SMILES string of the molecule is Cl.N=C1CCCCC(C/C=C/c2ccccc2)N1. The van der Waals surface area contributed by atoms with Crippen LogP contribution in [0.5, 0.6) is 0 Å². The quantitative estimate of drug-likeness (QED) is 0.850. The fraction of sp³-hybridized carbons (Fsp3) is 0.400. The van der Waals surface area contributed by atoms with Crippen LogP contribution in [0.4, 0.5) is 0 Å². The smallest absolute Gasteiger partial charge is 0.0933 e. The first-order chi connectivity index (χ1) is 8.34. The summed E-state index contributed by atoms with van der Waals surface area (Å²) in [5.41, 5.74) is 1.25.